The van der Waals surface area contributed by atoms with Gasteiger partial charge in [-0.2, -0.15) is 0 Å². The summed E-state index contributed by atoms with van der Waals surface area (Å²) < 4.78 is 0. The molecule has 0 fully saturated rings. The van der Waals surface area contributed by atoms with Gasteiger partial charge < -0.3 is 15.9 Å². The van der Waals surface area contributed by atoms with Gasteiger partial charge >= 0.3 is 0 Å². The van der Waals surface area contributed by atoms with E-state index in [4.69, 9.17) is 10.8 Å². The molecule has 0 saturated heterocycles. The van der Waals surface area contributed by atoms with Crippen molar-refractivity contribution in [2.24, 2.45) is 5.73 Å². The Morgan fingerprint density at radius 3 is 2.75 bits per heavy atom. The first-order chi connectivity index (χ1) is 7.67. The number of hydrogen-bond acceptors (Lipinski definition) is 5. The molecule has 4 nitrogen and oxygen atoms in total. The summed E-state index contributed by atoms with van der Waals surface area (Å²) in [6.07, 6.45) is 1.94. The molecular weight excluding hydrogens is 224 g/mol. The fourth-order valence-electron chi connectivity index (χ4n) is 1.15. The number of aliphatic hydroxyl groups excluding tert-OH is 2. The summed E-state index contributed by atoms with van der Waals surface area (Å²) in [5, 5.41) is 17.9. The van der Waals surface area contributed by atoms with E-state index < -0.39 is 6.10 Å². The molecule has 0 amide bonds. The van der Waals surface area contributed by atoms with Crippen LogP contribution in [-0.4, -0.2) is 33.7 Å². The predicted octanol–water partition coefficient (Wildman–Crippen LogP) is 0.937. The number of rotatable bonds is 6. The molecule has 0 bridgehead atoms. The Morgan fingerprint density at radius 2 is 2.25 bits per heavy atom. The van der Waals surface area contributed by atoms with Crippen LogP contribution >= 0.6 is 11.8 Å². The van der Waals surface area contributed by atoms with Crippen LogP contribution in [0.2, 0.25) is 0 Å². The topological polar surface area (TPSA) is 79.4 Å². The Balaban J connectivity index is 2.51. The van der Waals surface area contributed by atoms with Crippen LogP contribution in [0.25, 0.3) is 0 Å². The molecule has 0 aliphatic heterocycles. The zero-order chi connectivity index (χ0) is 12.0. The van der Waals surface area contributed by atoms with Gasteiger partial charge in [-0.15, -0.1) is 11.8 Å². The standard InChI is InChI=1S/C11H18N2O2S/c1-2-10(12)11-4-3-9(5-13-11)16-7-8(15)6-14/h3-5,8,10,14-15H,2,6-7,12H2,1H3/t8?,10-/m0/s1. The van der Waals surface area contributed by atoms with E-state index in [1.54, 1.807) is 6.20 Å². The molecule has 0 aromatic carbocycles. The average Bonchev–Trinajstić information content (AvgIpc) is 2.35. The van der Waals surface area contributed by atoms with Gasteiger partial charge in [-0.05, 0) is 18.6 Å². The highest BCUT2D eigenvalue weighted by molar-refractivity contribution is 7.99. The van der Waals surface area contributed by atoms with Crippen LogP contribution in [0.3, 0.4) is 0 Å². The minimum atomic E-state index is -0.678. The molecule has 90 valence electrons. The van der Waals surface area contributed by atoms with Crippen LogP contribution in [-0.2, 0) is 0 Å². The smallest absolute Gasteiger partial charge is 0.0864 e. The maximum Gasteiger partial charge on any atom is 0.0864 e. The Bertz CT molecular complexity index is 305. The molecule has 5 heteroatoms. The van der Waals surface area contributed by atoms with Gasteiger partial charge in [0.25, 0.3) is 0 Å². The van der Waals surface area contributed by atoms with Gasteiger partial charge in [-0.25, -0.2) is 0 Å². The summed E-state index contributed by atoms with van der Waals surface area (Å²) >= 11 is 1.47. The quantitative estimate of drug-likeness (QED) is 0.647. The lowest BCUT2D eigenvalue weighted by Gasteiger charge is -2.09. The molecule has 0 spiro atoms. The number of pyridine rings is 1. The molecule has 1 rings (SSSR count). The highest BCUT2D eigenvalue weighted by Crippen LogP contribution is 2.19. The first-order valence-electron chi connectivity index (χ1n) is 5.30. The summed E-state index contributed by atoms with van der Waals surface area (Å²) in [5.41, 5.74) is 6.73. The van der Waals surface area contributed by atoms with E-state index in [1.165, 1.54) is 11.8 Å². The molecule has 0 aliphatic rings. The third kappa shape index (κ3) is 4.09. The zero-order valence-electron chi connectivity index (χ0n) is 9.34. The molecule has 4 N–H and O–H groups in total. The predicted molar refractivity (Wildman–Crippen MR) is 65.3 cm³/mol. The molecule has 16 heavy (non-hydrogen) atoms. The monoisotopic (exact) mass is 242 g/mol. The SMILES string of the molecule is CC[C@H](N)c1ccc(SCC(O)CO)cn1. The summed E-state index contributed by atoms with van der Waals surface area (Å²) in [7, 11) is 0. The van der Waals surface area contributed by atoms with Gasteiger partial charge in [-0.3, -0.25) is 4.98 Å². The van der Waals surface area contributed by atoms with Crippen molar-refractivity contribution in [3.05, 3.63) is 24.0 Å². The largest absolute Gasteiger partial charge is 0.394 e. The summed E-state index contributed by atoms with van der Waals surface area (Å²) in [5.74, 6) is 0.470. The van der Waals surface area contributed by atoms with E-state index in [0.29, 0.717) is 5.75 Å². The van der Waals surface area contributed by atoms with Gasteiger partial charge in [0.05, 0.1) is 18.4 Å². The third-order valence-corrected chi connectivity index (χ3v) is 3.36. The minimum absolute atomic E-state index is 0.0120. The average molecular weight is 242 g/mol. The number of aromatic nitrogens is 1. The molecule has 1 heterocycles. The Hall–Kier alpha value is -0.620. The van der Waals surface area contributed by atoms with Crippen molar-refractivity contribution in [1.82, 2.24) is 4.98 Å². The second-order valence-corrected chi connectivity index (χ2v) is 4.67. The minimum Gasteiger partial charge on any atom is -0.394 e. The second kappa shape index (κ2) is 6.85. The highest BCUT2D eigenvalue weighted by Gasteiger charge is 2.06. The van der Waals surface area contributed by atoms with Crippen molar-refractivity contribution in [2.75, 3.05) is 12.4 Å². The molecule has 0 radical (unpaired) electrons. The first kappa shape index (κ1) is 13.4. The zero-order valence-corrected chi connectivity index (χ0v) is 10.2. The van der Waals surface area contributed by atoms with Crippen molar-refractivity contribution < 1.29 is 10.2 Å². The van der Waals surface area contributed by atoms with Gasteiger partial charge in [0, 0.05) is 22.9 Å². The van der Waals surface area contributed by atoms with E-state index in [0.717, 1.165) is 17.0 Å². The third-order valence-electron chi connectivity index (χ3n) is 2.23. The van der Waals surface area contributed by atoms with E-state index in [2.05, 4.69) is 4.98 Å². The van der Waals surface area contributed by atoms with E-state index in [1.807, 2.05) is 19.1 Å². The number of thioether (sulfide) groups is 1. The lowest BCUT2D eigenvalue weighted by Crippen LogP contribution is -2.14. The van der Waals surface area contributed by atoms with E-state index in [-0.39, 0.29) is 12.6 Å². The molecule has 1 unspecified atom stereocenters. The molecule has 0 saturated carbocycles. The second-order valence-electron chi connectivity index (χ2n) is 3.58. The van der Waals surface area contributed by atoms with Crippen LogP contribution in [0.15, 0.2) is 23.2 Å². The maximum absolute atomic E-state index is 9.19. The van der Waals surface area contributed by atoms with Crippen LogP contribution in [0.1, 0.15) is 25.1 Å². The summed E-state index contributed by atoms with van der Waals surface area (Å²) in [6.45, 7) is 1.81. The first-order valence-corrected chi connectivity index (χ1v) is 6.29. The molecular formula is C11H18N2O2S. The van der Waals surface area contributed by atoms with E-state index in [9.17, 15) is 5.11 Å². The number of aliphatic hydroxyl groups is 2. The number of nitrogens with two attached hydrogens (primary N) is 1. The maximum atomic E-state index is 9.19. The van der Waals surface area contributed by atoms with Crippen LogP contribution in [0.4, 0.5) is 0 Å². The van der Waals surface area contributed by atoms with Gasteiger partial charge in [0.2, 0.25) is 0 Å². The van der Waals surface area contributed by atoms with Gasteiger partial charge in [-0.1, -0.05) is 6.92 Å². The summed E-state index contributed by atoms with van der Waals surface area (Å²) in [6, 6.07) is 3.83. The van der Waals surface area contributed by atoms with Crippen molar-refractivity contribution in [2.45, 2.75) is 30.4 Å². The summed E-state index contributed by atoms with van der Waals surface area (Å²) in [4.78, 5) is 5.24. The van der Waals surface area contributed by atoms with Gasteiger partial charge in [0.1, 0.15) is 0 Å². The van der Waals surface area contributed by atoms with Crippen LogP contribution in [0, 0.1) is 0 Å². The fourth-order valence-corrected chi connectivity index (χ4v) is 1.93. The van der Waals surface area contributed by atoms with Crippen LogP contribution in [0.5, 0.6) is 0 Å². The van der Waals surface area contributed by atoms with E-state index >= 15 is 0 Å². The highest BCUT2D eigenvalue weighted by atomic mass is 32.2. The van der Waals surface area contributed by atoms with Crippen LogP contribution < -0.4 is 5.73 Å². The lowest BCUT2D eigenvalue weighted by molar-refractivity contribution is 0.113. The molecule has 0 aliphatic carbocycles. The van der Waals surface area contributed by atoms with Crippen molar-refractivity contribution in [3.63, 3.8) is 0 Å². The Kier molecular flexibility index (Phi) is 5.76. The Morgan fingerprint density at radius 1 is 1.50 bits per heavy atom. The number of hydrogen-bond donors (Lipinski definition) is 3. The number of nitrogens with zero attached hydrogens (tertiary/aromatic N) is 1. The Labute approximate surface area is 99.9 Å². The van der Waals surface area contributed by atoms with Gasteiger partial charge in [0.15, 0.2) is 0 Å². The van der Waals surface area contributed by atoms with Crippen molar-refractivity contribution in [1.29, 1.82) is 0 Å². The normalized spacial score (nSPS) is 14.8. The van der Waals surface area contributed by atoms with Crippen molar-refractivity contribution >= 4 is 11.8 Å². The molecule has 2 atom stereocenters. The van der Waals surface area contributed by atoms with Crippen molar-refractivity contribution in [3.8, 4) is 0 Å². The molecule has 1 aromatic heterocycles. The molecule has 1 aromatic rings. The fraction of sp³-hybridized carbons (Fsp3) is 0.545. The lowest BCUT2D eigenvalue weighted by atomic mass is 10.1.